The third-order valence-corrected chi connectivity index (χ3v) is 5.66. The van der Waals surface area contributed by atoms with Crippen molar-refractivity contribution in [3.63, 3.8) is 0 Å². The maximum absolute atomic E-state index is 12.8. The molecule has 1 N–H and O–H groups in total. The summed E-state index contributed by atoms with van der Waals surface area (Å²) in [4.78, 5) is 25.3. The average Bonchev–Trinajstić information content (AvgIpc) is 3.13. The van der Waals surface area contributed by atoms with E-state index in [1.807, 2.05) is 42.9 Å². The highest BCUT2D eigenvalue weighted by Crippen LogP contribution is 2.31. The van der Waals surface area contributed by atoms with Gasteiger partial charge < -0.3 is 5.32 Å². The van der Waals surface area contributed by atoms with Crippen LogP contribution in [0.15, 0.2) is 45.9 Å². The molecule has 0 aliphatic heterocycles. The van der Waals surface area contributed by atoms with Crippen molar-refractivity contribution in [1.29, 1.82) is 0 Å². The van der Waals surface area contributed by atoms with Crippen molar-refractivity contribution >= 4 is 32.6 Å². The second kappa shape index (κ2) is 7.50. The number of halogens is 1. The van der Waals surface area contributed by atoms with Crippen molar-refractivity contribution in [2.45, 2.75) is 51.2 Å². The van der Waals surface area contributed by atoms with E-state index in [2.05, 4.69) is 31.4 Å². The van der Waals surface area contributed by atoms with Gasteiger partial charge in [-0.2, -0.15) is 10.2 Å². The smallest absolute Gasteiger partial charge is 0.275 e. The first kappa shape index (κ1) is 18.9. The topological polar surface area (TPSA) is 81.8 Å². The zero-order chi connectivity index (χ0) is 19.8. The molecule has 0 spiro atoms. The van der Waals surface area contributed by atoms with E-state index >= 15 is 0 Å². The van der Waals surface area contributed by atoms with Crippen LogP contribution in [0.25, 0.3) is 10.8 Å². The fourth-order valence-corrected chi connectivity index (χ4v) is 4.01. The summed E-state index contributed by atoms with van der Waals surface area (Å²) >= 11 is 3.45. The van der Waals surface area contributed by atoms with Crippen LogP contribution in [0.2, 0.25) is 0 Å². The summed E-state index contributed by atoms with van der Waals surface area (Å²) in [6.45, 7) is 3.98. The van der Waals surface area contributed by atoms with Crippen molar-refractivity contribution < 1.29 is 4.79 Å². The summed E-state index contributed by atoms with van der Waals surface area (Å²) in [6.07, 6.45) is 5.39. The molecule has 1 amide bonds. The molecule has 2 heterocycles. The predicted molar refractivity (Wildman–Crippen MR) is 110 cm³/mol. The fraction of sp³-hybridized carbons (Fsp3) is 0.400. The van der Waals surface area contributed by atoms with Gasteiger partial charge in [-0.15, -0.1) is 0 Å². The molecule has 2 aromatic heterocycles. The normalized spacial score (nSPS) is 19.0. The number of benzene rings is 1. The molecule has 8 heteroatoms. The Hall–Kier alpha value is -2.48. The summed E-state index contributed by atoms with van der Waals surface area (Å²) in [5.41, 5.74) is 0.566. The van der Waals surface area contributed by atoms with E-state index < -0.39 is 0 Å². The van der Waals surface area contributed by atoms with Crippen molar-refractivity contribution in [2.75, 3.05) is 0 Å². The number of nitrogens with one attached hydrogen (secondary N) is 1. The number of rotatable bonds is 5. The fourth-order valence-electron chi connectivity index (χ4n) is 3.64. The van der Waals surface area contributed by atoms with E-state index in [0.29, 0.717) is 11.4 Å². The van der Waals surface area contributed by atoms with Crippen LogP contribution in [0.3, 0.4) is 0 Å². The van der Waals surface area contributed by atoms with Gasteiger partial charge in [-0.3, -0.25) is 14.3 Å². The third kappa shape index (κ3) is 3.61. The molecule has 1 aromatic carbocycles. The van der Waals surface area contributed by atoms with Crippen LogP contribution in [-0.2, 0) is 11.3 Å². The second-order valence-corrected chi connectivity index (χ2v) is 8.48. The van der Waals surface area contributed by atoms with Gasteiger partial charge in [0.25, 0.3) is 5.56 Å². The van der Waals surface area contributed by atoms with Crippen LogP contribution in [0.1, 0.15) is 44.3 Å². The Labute approximate surface area is 170 Å². The molecule has 1 aliphatic carbocycles. The zero-order valence-electron chi connectivity index (χ0n) is 15.8. The molecule has 28 heavy (non-hydrogen) atoms. The van der Waals surface area contributed by atoms with Crippen LogP contribution in [0.4, 0.5) is 0 Å². The SMILES string of the molecule is CC(C)c1nn(CC(=O)N[C@H]2C[C@@H](n3cccn3)C2)c(=O)c2ccc(Br)cc12. The number of carbonyl (C=O) groups excluding carboxylic acids is 1. The van der Waals surface area contributed by atoms with E-state index in [9.17, 15) is 9.59 Å². The number of nitrogens with zero attached hydrogens (tertiary/aromatic N) is 4. The Balaban J connectivity index is 1.50. The zero-order valence-corrected chi connectivity index (χ0v) is 17.4. The molecule has 1 saturated carbocycles. The summed E-state index contributed by atoms with van der Waals surface area (Å²) in [7, 11) is 0. The van der Waals surface area contributed by atoms with Gasteiger partial charge in [0.2, 0.25) is 5.91 Å². The molecular weight excluding hydrogens is 422 g/mol. The number of fused-ring (bicyclic) bond motifs is 1. The van der Waals surface area contributed by atoms with Gasteiger partial charge >= 0.3 is 0 Å². The highest BCUT2D eigenvalue weighted by molar-refractivity contribution is 9.10. The molecule has 1 fully saturated rings. The lowest BCUT2D eigenvalue weighted by Gasteiger charge is -2.35. The Bertz CT molecular complexity index is 1070. The van der Waals surface area contributed by atoms with Crippen molar-refractivity contribution in [1.82, 2.24) is 24.9 Å². The number of hydrogen-bond acceptors (Lipinski definition) is 4. The van der Waals surface area contributed by atoms with Crippen LogP contribution >= 0.6 is 15.9 Å². The Morgan fingerprint density at radius 2 is 2.11 bits per heavy atom. The predicted octanol–water partition coefficient (Wildman–Crippen LogP) is 3.00. The molecule has 0 saturated heterocycles. The minimum absolute atomic E-state index is 0.0759. The van der Waals surface area contributed by atoms with Crippen LogP contribution in [-0.4, -0.2) is 31.5 Å². The van der Waals surface area contributed by atoms with Gasteiger partial charge in [0.1, 0.15) is 6.54 Å². The quantitative estimate of drug-likeness (QED) is 0.656. The molecule has 1 aliphatic rings. The summed E-state index contributed by atoms with van der Waals surface area (Å²) in [6, 6.07) is 7.86. The molecule has 3 aromatic rings. The Morgan fingerprint density at radius 1 is 1.32 bits per heavy atom. The van der Waals surface area contributed by atoms with E-state index in [-0.39, 0.29) is 30.0 Å². The molecule has 0 radical (unpaired) electrons. The van der Waals surface area contributed by atoms with Crippen LogP contribution in [0.5, 0.6) is 0 Å². The minimum atomic E-state index is -0.245. The number of amides is 1. The first-order valence-electron chi connectivity index (χ1n) is 9.41. The van der Waals surface area contributed by atoms with E-state index in [0.717, 1.165) is 28.4 Å². The monoisotopic (exact) mass is 443 g/mol. The van der Waals surface area contributed by atoms with Crippen molar-refractivity contribution in [3.05, 3.63) is 57.2 Å². The van der Waals surface area contributed by atoms with E-state index in [1.54, 1.807) is 12.3 Å². The number of carbonyl (C=O) groups is 1. The minimum Gasteiger partial charge on any atom is -0.352 e. The highest BCUT2D eigenvalue weighted by Gasteiger charge is 2.32. The summed E-state index contributed by atoms with van der Waals surface area (Å²) < 4.78 is 4.10. The first-order valence-corrected chi connectivity index (χ1v) is 10.2. The van der Waals surface area contributed by atoms with E-state index in [1.165, 1.54) is 4.68 Å². The lowest BCUT2D eigenvalue weighted by molar-refractivity contribution is -0.123. The molecule has 146 valence electrons. The Morgan fingerprint density at radius 3 is 2.79 bits per heavy atom. The lowest BCUT2D eigenvalue weighted by Crippen LogP contribution is -2.47. The molecule has 4 rings (SSSR count). The molecule has 0 atom stereocenters. The standard InChI is InChI=1S/C20H22BrN5O2/c1-12(2)19-17-8-13(21)4-5-16(17)20(28)26(24-19)11-18(27)23-14-9-15(10-14)25-7-3-6-22-25/h3-8,12,14-15H,9-11H2,1-2H3,(H,23,27)/t14-,15+. The first-order chi connectivity index (χ1) is 13.4. The second-order valence-electron chi connectivity index (χ2n) is 7.57. The number of hydrogen-bond donors (Lipinski definition) is 1. The van der Waals surface area contributed by atoms with Crippen molar-refractivity contribution in [2.24, 2.45) is 0 Å². The average molecular weight is 444 g/mol. The maximum Gasteiger partial charge on any atom is 0.275 e. The summed E-state index contributed by atoms with van der Waals surface area (Å²) in [5.74, 6) is -0.0575. The van der Waals surface area contributed by atoms with Gasteiger partial charge in [0.15, 0.2) is 0 Å². The Kier molecular flexibility index (Phi) is 5.05. The van der Waals surface area contributed by atoms with Gasteiger partial charge in [-0.25, -0.2) is 4.68 Å². The molecular formula is C20H22BrN5O2. The molecule has 0 bridgehead atoms. The van der Waals surface area contributed by atoms with Crippen LogP contribution in [0, 0.1) is 0 Å². The summed E-state index contributed by atoms with van der Waals surface area (Å²) in [5, 5.41) is 13.1. The van der Waals surface area contributed by atoms with Gasteiger partial charge in [-0.1, -0.05) is 29.8 Å². The third-order valence-electron chi connectivity index (χ3n) is 5.17. The molecule has 7 nitrogen and oxygen atoms in total. The largest absolute Gasteiger partial charge is 0.352 e. The molecule has 0 unspecified atom stereocenters. The van der Waals surface area contributed by atoms with Crippen molar-refractivity contribution in [3.8, 4) is 0 Å². The lowest BCUT2D eigenvalue weighted by atomic mass is 9.87. The van der Waals surface area contributed by atoms with Gasteiger partial charge in [-0.05, 0) is 43.0 Å². The maximum atomic E-state index is 12.8. The van der Waals surface area contributed by atoms with Gasteiger partial charge in [0.05, 0.1) is 17.1 Å². The number of aromatic nitrogens is 4. The van der Waals surface area contributed by atoms with Gasteiger partial charge in [0, 0.05) is 28.3 Å². The van der Waals surface area contributed by atoms with E-state index in [4.69, 9.17) is 0 Å². The van der Waals surface area contributed by atoms with Crippen LogP contribution < -0.4 is 10.9 Å². The highest BCUT2D eigenvalue weighted by atomic mass is 79.9.